The molecule has 0 atom stereocenters. The highest BCUT2D eigenvalue weighted by Gasteiger charge is 2.20. The molecule has 3 aromatic rings. The molecule has 0 unspecified atom stereocenters. The van der Waals surface area contributed by atoms with Gasteiger partial charge in [-0.15, -0.1) is 0 Å². The summed E-state index contributed by atoms with van der Waals surface area (Å²) in [4.78, 5) is 23.8. The van der Waals surface area contributed by atoms with Gasteiger partial charge in [-0.05, 0) is 48.7 Å². The van der Waals surface area contributed by atoms with Crippen molar-refractivity contribution in [2.45, 2.75) is 19.9 Å². The van der Waals surface area contributed by atoms with Gasteiger partial charge in [0.1, 0.15) is 5.69 Å². The van der Waals surface area contributed by atoms with Crippen molar-refractivity contribution in [1.82, 2.24) is 9.97 Å². The molecule has 0 aliphatic carbocycles. The number of carbonyl (C=O) groups excluding carboxylic acids is 1. The Balaban J connectivity index is 1.57. The lowest BCUT2D eigenvalue weighted by molar-refractivity contribution is 0.102. The number of carbonyl (C=O) groups is 1. The van der Waals surface area contributed by atoms with Gasteiger partial charge in [-0.2, -0.15) is 5.26 Å². The first kappa shape index (κ1) is 17.7. The molecule has 0 radical (unpaired) electrons. The van der Waals surface area contributed by atoms with Crippen LogP contribution in [0.3, 0.4) is 0 Å². The van der Waals surface area contributed by atoms with E-state index >= 15 is 0 Å². The second kappa shape index (κ2) is 7.49. The minimum atomic E-state index is -0.320. The molecule has 1 amide bonds. The molecule has 6 heteroatoms. The highest BCUT2D eigenvalue weighted by Crippen LogP contribution is 2.22. The topological polar surface area (TPSA) is 81.9 Å². The largest absolute Gasteiger partial charge is 0.336 e. The van der Waals surface area contributed by atoms with Gasteiger partial charge in [0.25, 0.3) is 5.91 Å². The van der Waals surface area contributed by atoms with E-state index < -0.39 is 0 Å². The van der Waals surface area contributed by atoms with E-state index in [2.05, 4.69) is 44.5 Å². The van der Waals surface area contributed by atoms with Crippen LogP contribution in [-0.2, 0) is 13.0 Å². The third kappa shape index (κ3) is 3.69. The molecule has 0 saturated carbocycles. The van der Waals surface area contributed by atoms with E-state index in [9.17, 15) is 4.79 Å². The van der Waals surface area contributed by atoms with Gasteiger partial charge in [0, 0.05) is 24.5 Å². The van der Waals surface area contributed by atoms with Crippen LogP contribution in [0.2, 0.25) is 0 Å². The Morgan fingerprint density at radius 1 is 1.11 bits per heavy atom. The number of nitrogens with zero attached hydrogens (tertiary/aromatic N) is 4. The van der Waals surface area contributed by atoms with Gasteiger partial charge in [0.2, 0.25) is 5.95 Å². The molecule has 0 fully saturated rings. The number of hydrogen-bond donors (Lipinski definition) is 1. The molecule has 2 heterocycles. The standard InChI is InChI=1S/C22H19N5O/c1-15-11-20(21(28)25-19-8-4-5-16(12-19)13-23)26-22(24-15)27-10-9-17-6-2-3-7-18(17)14-27/h2-8,11-12H,9-10,14H2,1H3,(H,25,28). The molecule has 0 saturated heterocycles. The average Bonchev–Trinajstić information content (AvgIpc) is 2.73. The van der Waals surface area contributed by atoms with Crippen molar-refractivity contribution in [3.63, 3.8) is 0 Å². The van der Waals surface area contributed by atoms with Crippen LogP contribution in [0.15, 0.2) is 54.6 Å². The second-order valence-electron chi connectivity index (χ2n) is 6.78. The Bertz CT molecular complexity index is 1090. The Morgan fingerprint density at radius 2 is 1.93 bits per heavy atom. The van der Waals surface area contributed by atoms with Crippen LogP contribution >= 0.6 is 0 Å². The highest BCUT2D eigenvalue weighted by molar-refractivity contribution is 6.03. The van der Waals surface area contributed by atoms with E-state index in [1.165, 1.54) is 11.1 Å². The summed E-state index contributed by atoms with van der Waals surface area (Å²) in [5.41, 5.74) is 4.71. The number of rotatable bonds is 3. The zero-order chi connectivity index (χ0) is 19.5. The number of hydrogen-bond acceptors (Lipinski definition) is 5. The maximum absolute atomic E-state index is 12.7. The lowest BCUT2D eigenvalue weighted by Gasteiger charge is -2.29. The van der Waals surface area contributed by atoms with Crippen LogP contribution in [-0.4, -0.2) is 22.4 Å². The number of anilines is 2. The number of aryl methyl sites for hydroxylation is 1. The molecule has 1 aliphatic rings. The summed E-state index contributed by atoms with van der Waals surface area (Å²) in [5, 5.41) is 11.8. The lowest BCUT2D eigenvalue weighted by Crippen LogP contribution is -2.32. The molecule has 0 bridgehead atoms. The van der Waals surface area contributed by atoms with Crippen molar-refractivity contribution in [3.8, 4) is 6.07 Å². The summed E-state index contributed by atoms with van der Waals surface area (Å²) < 4.78 is 0. The number of nitriles is 1. The second-order valence-corrected chi connectivity index (χ2v) is 6.78. The normalized spacial score (nSPS) is 12.8. The first-order chi connectivity index (χ1) is 13.6. The number of nitrogens with one attached hydrogen (secondary N) is 1. The van der Waals surface area contributed by atoms with Crippen molar-refractivity contribution in [2.75, 3.05) is 16.8 Å². The van der Waals surface area contributed by atoms with E-state index in [-0.39, 0.29) is 5.91 Å². The maximum Gasteiger partial charge on any atom is 0.274 e. The molecular weight excluding hydrogens is 350 g/mol. The van der Waals surface area contributed by atoms with Crippen molar-refractivity contribution in [3.05, 3.63) is 82.7 Å². The summed E-state index contributed by atoms with van der Waals surface area (Å²) >= 11 is 0. The third-order valence-corrected chi connectivity index (χ3v) is 4.74. The van der Waals surface area contributed by atoms with Gasteiger partial charge in [-0.25, -0.2) is 9.97 Å². The number of fused-ring (bicyclic) bond motifs is 1. The summed E-state index contributed by atoms with van der Waals surface area (Å²) in [6.45, 7) is 3.40. The fourth-order valence-electron chi connectivity index (χ4n) is 3.34. The van der Waals surface area contributed by atoms with Gasteiger partial charge in [0.15, 0.2) is 0 Å². The molecule has 28 heavy (non-hydrogen) atoms. The van der Waals surface area contributed by atoms with E-state index in [1.54, 1.807) is 30.3 Å². The molecule has 2 aromatic carbocycles. The van der Waals surface area contributed by atoms with Gasteiger partial charge < -0.3 is 10.2 Å². The summed E-state index contributed by atoms with van der Waals surface area (Å²) in [6, 6.07) is 18.9. The fraction of sp³-hybridized carbons (Fsp3) is 0.182. The Labute approximate surface area is 163 Å². The number of amides is 1. The molecular formula is C22H19N5O. The van der Waals surface area contributed by atoms with Crippen molar-refractivity contribution < 1.29 is 4.79 Å². The van der Waals surface area contributed by atoms with E-state index in [0.29, 0.717) is 22.9 Å². The van der Waals surface area contributed by atoms with Crippen LogP contribution in [0, 0.1) is 18.3 Å². The molecule has 1 aliphatic heterocycles. The van der Waals surface area contributed by atoms with E-state index in [0.717, 1.165) is 25.2 Å². The predicted octanol–water partition coefficient (Wildman–Crippen LogP) is 3.47. The summed E-state index contributed by atoms with van der Waals surface area (Å²) in [6.07, 6.45) is 0.927. The zero-order valence-electron chi connectivity index (χ0n) is 15.5. The van der Waals surface area contributed by atoms with E-state index in [1.807, 2.05) is 13.0 Å². The maximum atomic E-state index is 12.7. The number of aromatic nitrogens is 2. The fourth-order valence-corrected chi connectivity index (χ4v) is 3.34. The quantitative estimate of drug-likeness (QED) is 0.764. The Morgan fingerprint density at radius 3 is 2.75 bits per heavy atom. The van der Waals surface area contributed by atoms with Crippen LogP contribution in [0.25, 0.3) is 0 Å². The smallest absolute Gasteiger partial charge is 0.274 e. The van der Waals surface area contributed by atoms with Crippen LogP contribution in [0.4, 0.5) is 11.6 Å². The highest BCUT2D eigenvalue weighted by atomic mass is 16.1. The predicted molar refractivity (Wildman–Crippen MR) is 107 cm³/mol. The molecule has 1 N–H and O–H groups in total. The van der Waals surface area contributed by atoms with Gasteiger partial charge >= 0.3 is 0 Å². The van der Waals surface area contributed by atoms with Crippen LogP contribution in [0.5, 0.6) is 0 Å². The van der Waals surface area contributed by atoms with Crippen molar-refractivity contribution in [2.24, 2.45) is 0 Å². The molecule has 138 valence electrons. The van der Waals surface area contributed by atoms with Gasteiger partial charge in [-0.3, -0.25) is 4.79 Å². The minimum absolute atomic E-state index is 0.309. The van der Waals surface area contributed by atoms with Gasteiger partial charge in [-0.1, -0.05) is 30.3 Å². The zero-order valence-corrected chi connectivity index (χ0v) is 15.5. The Kier molecular flexibility index (Phi) is 4.73. The van der Waals surface area contributed by atoms with Crippen molar-refractivity contribution >= 4 is 17.5 Å². The van der Waals surface area contributed by atoms with Crippen molar-refractivity contribution in [1.29, 1.82) is 5.26 Å². The third-order valence-electron chi connectivity index (χ3n) is 4.74. The van der Waals surface area contributed by atoms with Crippen LogP contribution in [0.1, 0.15) is 32.9 Å². The average molecular weight is 369 g/mol. The Hall–Kier alpha value is -3.72. The molecule has 1 aromatic heterocycles. The molecule has 6 nitrogen and oxygen atoms in total. The number of benzene rings is 2. The molecule has 4 rings (SSSR count). The lowest BCUT2D eigenvalue weighted by atomic mass is 10.0. The van der Waals surface area contributed by atoms with Gasteiger partial charge in [0.05, 0.1) is 11.6 Å². The summed E-state index contributed by atoms with van der Waals surface area (Å²) in [5.74, 6) is 0.240. The van der Waals surface area contributed by atoms with Crippen LogP contribution < -0.4 is 10.2 Å². The minimum Gasteiger partial charge on any atom is -0.336 e. The first-order valence-electron chi connectivity index (χ1n) is 9.11. The molecule has 0 spiro atoms. The monoisotopic (exact) mass is 369 g/mol. The van der Waals surface area contributed by atoms with E-state index in [4.69, 9.17) is 5.26 Å². The first-order valence-corrected chi connectivity index (χ1v) is 9.11. The SMILES string of the molecule is Cc1cc(C(=O)Nc2cccc(C#N)c2)nc(N2CCc3ccccc3C2)n1. The summed E-state index contributed by atoms with van der Waals surface area (Å²) in [7, 11) is 0.